The van der Waals surface area contributed by atoms with Gasteiger partial charge < -0.3 is 15.0 Å². The van der Waals surface area contributed by atoms with Crippen LogP contribution in [0.2, 0.25) is 0 Å². The average Bonchev–Trinajstić information content (AvgIpc) is 3.17. The number of hydrogen-bond donors (Lipinski definition) is 2. The summed E-state index contributed by atoms with van der Waals surface area (Å²) >= 11 is 0. The van der Waals surface area contributed by atoms with Gasteiger partial charge in [-0.05, 0) is 56.2 Å². The number of nitrogens with zero attached hydrogens (tertiary/aromatic N) is 5. The Hall–Kier alpha value is -2.92. The number of H-pyrrole nitrogens is 1. The summed E-state index contributed by atoms with van der Waals surface area (Å²) in [5.74, 6) is 1.59. The van der Waals surface area contributed by atoms with Gasteiger partial charge in [-0.1, -0.05) is 12.1 Å². The molecule has 0 amide bonds. The standard InChI is InChI=1S/C17H21N7O/c1-24-8-6-13(7-9-24)12-25-16-5-3-2-4-15(16)19-11-14(10-18)17-20-22-23-21-17/h2-5,11,13,19H,6-9,12H2,1H3,(H,20,21,22,23). The molecular weight excluding hydrogens is 318 g/mol. The summed E-state index contributed by atoms with van der Waals surface area (Å²) in [6.07, 6.45) is 3.87. The zero-order chi connectivity index (χ0) is 17.5. The van der Waals surface area contributed by atoms with Crippen LogP contribution < -0.4 is 10.1 Å². The molecule has 1 aromatic carbocycles. The van der Waals surface area contributed by atoms with Gasteiger partial charge in [0.05, 0.1) is 12.3 Å². The highest BCUT2D eigenvalue weighted by Crippen LogP contribution is 2.26. The minimum atomic E-state index is 0.250. The Morgan fingerprint density at radius 3 is 2.96 bits per heavy atom. The smallest absolute Gasteiger partial charge is 0.216 e. The van der Waals surface area contributed by atoms with Gasteiger partial charge in [0.25, 0.3) is 0 Å². The van der Waals surface area contributed by atoms with Crippen LogP contribution in [0.25, 0.3) is 5.57 Å². The third-order valence-electron chi connectivity index (χ3n) is 4.28. The maximum atomic E-state index is 9.22. The molecule has 0 aliphatic carbocycles. The van der Waals surface area contributed by atoms with E-state index >= 15 is 0 Å². The molecule has 0 saturated carbocycles. The summed E-state index contributed by atoms with van der Waals surface area (Å²) in [6.45, 7) is 2.94. The van der Waals surface area contributed by atoms with Gasteiger partial charge in [-0.2, -0.15) is 10.5 Å². The summed E-state index contributed by atoms with van der Waals surface area (Å²) in [5, 5.41) is 25.8. The van der Waals surface area contributed by atoms with Crippen LogP contribution in [0.5, 0.6) is 5.75 Å². The van der Waals surface area contributed by atoms with Crippen LogP contribution in [0.1, 0.15) is 18.7 Å². The molecule has 25 heavy (non-hydrogen) atoms. The SMILES string of the molecule is CN1CCC(COc2ccccc2NC=C(C#N)c2nn[nH]n2)CC1. The fourth-order valence-corrected chi connectivity index (χ4v) is 2.72. The first kappa shape index (κ1) is 16.9. The molecular formula is C17H21N7O. The largest absolute Gasteiger partial charge is 0.491 e. The van der Waals surface area contributed by atoms with Crippen LogP contribution in [-0.2, 0) is 0 Å². The summed E-state index contributed by atoms with van der Waals surface area (Å²) in [7, 11) is 2.15. The molecule has 0 radical (unpaired) electrons. The second kappa shape index (κ2) is 8.26. The predicted octanol–water partition coefficient (Wildman–Crippen LogP) is 1.90. The van der Waals surface area contributed by atoms with Gasteiger partial charge in [0.2, 0.25) is 5.82 Å². The van der Waals surface area contributed by atoms with E-state index < -0.39 is 0 Å². The van der Waals surface area contributed by atoms with Crippen LogP contribution in [0.3, 0.4) is 0 Å². The van der Waals surface area contributed by atoms with Gasteiger partial charge in [-0.25, -0.2) is 0 Å². The first-order valence-electron chi connectivity index (χ1n) is 8.27. The first-order chi connectivity index (χ1) is 12.3. The lowest BCUT2D eigenvalue weighted by Gasteiger charge is -2.28. The third-order valence-corrected chi connectivity index (χ3v) is 4.28. The Morgan fingerprint density at radius 1 is 1.44 bits per heavy atom. The molecule has 1 aromatic heterocycles. The predicted molar refractivity (Wildman–Crippen MR) is 93.5 cm³/mol. The number of rotatable bonds is 6. The Kier molecular flexibility index (Phi) is 5.59. The summed E-state index contributed by atoms with van der Waals surface area (Å²) in [6, 6.07) is 9.73. The molecule has 130 valence electrons. The van der Waals surface area contributed by atoms with E-state index in [0.717, 1.165) is 37.4 Å². The van der Waals surface area contributed by atoms with Crippen LogP contribution in [0.4, 0.5) is 5.69 Å². The number of benzene rings is 1. The Labute approximate surface area is 146 Å². The fourth-order valence-electron chi connectivity index (χ4n) is 2.72. The Morgan fingerprint density at radius 2 is 2.24 bits per heavy atom. The van der Waals surface area contributed by atoms with Gasteiger partial charge in [-0.15, -0.1) is 10.2 Å². The molecule has 1 saturated heterocycles. The number of tetrazole rings is 1. The highest BCUT2D eigenvalue weighted by molar-refractivity contribution is 5.74. The van der Waals surface area contributed by atoms with E-state index in [2.05, 4.69) is 44.0 Å². The van der Waals surface area contributed by atoms with Crippen molar-refractivity contribution < 1.29 is 4.74 Å². The lowest BCUT2D eigenvalue weighted by molar-refractivity contribution is 0.160. The lowest BCUT2D eigenvalue weighted by atomic mass is 9.98. The molecule has 1 aliphatic heterocycles. The zero-order valence-corrected chi connectivity index (χ0v) is 14.1. The summed E-state index contributed by atoms with van der Waals surface area (Å²) in [5.41, 5.74) is 1.09. The van der Waals surface area contributed by atoms with Gasteiger partial charge in [0, 0.05) is 6.20 Å². The van der Waals surface area contributed by atoms with Gasteiger partial charge in [-0.3, -0.25) is 0 Å². The number of piperidine rings is 1. The maximum Gasteiger partial charge on any atom is 0.216 e. The number of para-hydroxylation sites is 2. The molecule has 3 rings (SSSR count). The minimum absolute atomic E-state index is 0.250. The molecule has 0 unspecified atom stereocenters. The molecule has 2 aromatic rings. The topological polar surface area (TPSA) is 103 Å². The van der Waals surface area contributed by atoms with Crippen LogP contribution in [0, 0.1) is 17.2 Å². The Bertz CT molecular complexity index is 743. The highest BCUT2D eigenvalue weighted by atomic mass is 16.5. The first-order valence-corrected chi connectivity index (χ1v) is 8.27. The molecule has 8 heteroatoms. The molecule has 1 fully saturated rings. The van der Waals surface area contributed by atoms with E-state index in [9.17, 15) is 5.26 Å². The van der Waals surface area contributed by atoms with Crippen molar-refractivity contribution in [2.24, 2.45) is 5.92 Å². The van der Waals surface area contributed by atoms with Crippen molar-refractivity contribution in [3.8, 4) is 11.8 Å². The Balaban J connectivity index is 1.64. The minimum Gasteiger partial charge on any atom is -0.491 e. The van der Waals surface area contributed by atoms with Crippen molar-refractivity contribution in [3.63, 3.8) is 0 Å². The number of hydrogen-bond acceptors (Lipinski definition) is 7. The maximum absolute atomic E-state index is 9.22. The number of likely N-dealkylation sites (tertiary alicyclic amines) is 1. The summed E-state index contributed by atoms with van der Waals surface area (Å²) < 4.78 is 6.03. The number of ether oxygens (including phenoxy) is 1. The van der Waals surface area contributed by atoms with E-state index in [1.807, 2.05) is 24.3 Å². The molecule has 0 spiro atoms. The molecule has 0 bridgehead atoms. The highest BCUT2D eigenvalue weighted by Gasteiger charge is 2.17. The number of allylic oxidation sites excluding steroid dienone is 1. The van der Waals surface area contributed by atoms with Crippen LogP contribution >= 0.6 is 0 Å². The van der Waals surface area contributed by atoms with Crippen molar-refractivity contribution in [1.29, 1.82) is 5.26 Å². The van der Waals surface area contributed by atoms with Crippen molar-refractivity contribution in [2.45, 2.75) is 12.8 Å². The second-order valence-corrected chi connectivity index (χ2v) is 6.10. The number of nitriles is 1. The monoisotopic (exact) mass is 339 g/mol. The number of aromatic amines is 1. The molecule has 8 nitrogen and oxygen atoms in total. The quantitative estimate of drug-likeness (QED) is 0.775. The molecule has 2 N–H and O–H groups in total. The molecule has 2 heterocycles. The van der Waals surface area contributed by atoms with Crippen LogP contribution in [-0.4, -0.2) is 52.3 Å². The van der Waals surface area contributed by atoms with E-state index in [1.54, 1.807) is 6.20 Å². The van der Waals surface area contributed by atoms with Crippen molar-refractivity contribution >= 4 is 11.3 Å². The van der Waals surface area contributed by atoms with Crippen LogP contribution in [0.15, 0.2) is 30.5 Å². The van der Waals surface area contributed by atoms with Gasteiger partial charge >= 0.3 is 0 Å². The van der Waals surface area contributed by atoms with E-state index in [-0.39, 0.29) is 5.82 Å². The van der Waals surface area contributed by atoms with Gasteiger partial charge in [0.1, 0.15) is 17.4 Å². The third kappa shape index (κ3) is 4.55. The second-order valence-electron chi connectivity index (χ2n) is 6.10. The summed E-state index contributed by atoms with van der Waals surface area (Å²) in [4.78, 5) is 2.35. The fraction of sp³-hybridized carbons (Fsp3) is 0.412. The normalized spacial score (nSPS) is 16.4. The molecule has 0 atom stereocenters. The lowest BCUT2D eigenvalue weighted by Crippen LogP contribution is -2.32. The molecule has 1 aliphatic rings. The zero-order valence-electron chi connectivity index (χ0n) is 14.1. The number of anilines is 1. The van der Waals surface area contributed by atoms with Gasteiger partial charge in [0.15, 0.2) is 0 Å². The van der Waals surface area contributed by atoms with E-state index in [0.29, 0.717) is 18.1 Å². The number of aromatic nitrogens is 4. The van der Waals surface area contributed by atoms with Crippen molar-refractivity contribution in [1.82, 2.24) is 25.5 Å². The van der Waals surface area contributed by atoms with Crippen molar-refractivity contribution in [3.05, 3.63) is 36.3 Å². The van der Waals surface area contributed by atoms with Crippen molar-refractivity contribution in [2.75, 3.05) is 32.1 Å². The van der Waals surface area contributed by atoms with E-state index in [1.165, 1.54) is 0 Å². The average molecular weight is 339 g/mol. The number of nitrogens with one attached hydrogen (secondary N) is 2. The van der Waals surface area contributed by atoms with E-state index in [4.69, 9.17) is 4.74 Å².